The van der Waals surface area contributed by atoms with Crippen LogP contribution in [0.25, 0.3) is 11.3 Å². The Morgan fingerprint density at radius 2 is 1.83 bits per heavy atom. The molecule has 0 aliphatic heterocycles. The lowest BCUT2D eigenvalue weighted by Crippen LogP contribution is -2.02. The molecule has 3 rings (SSSR count). The first-order chi connectivity index (χ1) is 11.7. The van der Waals surface area contributed by atoms with Gasteiger partial charge < -0.3 is 9.15 Å². The van der Waals surface area contributed by atoms with Gasteiger partial charge in [0, 0.05) is 10.6 Å². The number of rotatable bonds is 4. The lowest BCUT2D eigenvalue weighted by Gasteiger charge is -2.04. The Balaban J connectivity index is 1.86. The van der Waals surface area contributed by atoms with Crippen molar-refractivity contribution in [1.29, 1.82) is 0 Å². The number of hydrogen-bond donors (Lipinski definition) is 0. The third-order valence-electron chi connectivity index (χ3n) is 3.39. The third-order valence-corrected chi connectivity index (χ3v) is 3.64. The second kappa shape index (κ2) is 7.15. The number of carbonyl (C=O) groups excluding carboxylic acids is 1. The van der Waals surface area contributed by atoms with Crippen molar-refractivity contribution in [3.8, 4) is 11.3 Å². The Morgan fingerprint density at radius 1 is 1.08 bits per heavy atom. The van der Waals surface area contributed by atoms with Crippen LogP contribution in [0.15, 0.2) is 70.1 Å². The predicted octanol–water partition coefficient (Wildman–Crippen LogP) is 5.14. The van der Waals surface area contributed by atoms with E-state index in [0.29, 0.717) is 27.7 Å². The van der Waals surface area contributed by atoms with Gasteiger partial charge in [-0.1, -0.05) is 29.8 Å². The van der Waals surface area contributed by atoms with Crippen LogP contribution in [-0.4, -0.2) is 19.3 Å². The molecule has 0 radical (unpaired) electrons. The van der Waals surface area contributed by atoms with E-state index in [4.69, 9.17) is 20.8 Å². The van der Waals surface area contributed by atoms with Crippen LogP contribution in [0.3, 0.4) is 0 Å². The number of methoxy groups -OCH3 is 1. The van der Waals surface area contributed by atoms with Crippen LogP contribution in [0.5, 0.6) is 0 Å². The molecule has 0 spiro atoms. The lowest BCUT2D eigenvalue weighted by molar-refractivity contribution is 0.0601. The van der Waals surface area contributed by atoms with E-state index in [1.165, 1.54) is 7.11 Å². The Labute approximate surface area is 144 Å². The van der Waals surface area contributed by atoms with E-state index < -0.39 is 5.97 Å². The molecule has 5 heteroatoms. The molecular formula is C19H14ClNO3. The molecule has 1 aromatic heterocycles. The van der Waals surface area contributed by atoms with Crippen molar-refractivity contribution in [2.75, 3.05) is 7.11 Å². The summed E-state index contributed by atoms with van der Waals surface area (Å²) in [7, 11) is 1.35. The minimum absolute atomic E-state index is 0.404. The zero-order chi connectivity index (χ0) is 16.9. The highest BCUT2D eigenvalue weighted by Crippen LogP contribution is 2.26. The summed E-state index contributed by atoms with van der Waals surface area (Å²) in [5, 5.41) is 0.661. The van der Waals surface area contributed by atoms with Gasteiger partial charge in [0.1, 0.15) is 11.5 Å². The molecule has 0 fully saturated rings. The molecule has 3 aromatic rings. The van der Waals surface area contributed by atoms with Crippen LogP contribution in [0.1, 0.15) is 16.1 Å². The van der Waals surface area contributed by atoms with Crippen LogP contribution in [0.2, 0.25) is 5.02 Å². The number of halogens is 1. The van der Waals surface area contributed by atoms with Crippen LogP contribution >= 0.6 is 11.6 Å². The van der Waals surface area contributed by atoms with E-state index >= 15 is 0 Å². The van der Waals surface area contributed by atoms with Crippen molar-refractivity contribution in [3.05, 3.63) is 77.0 Å². The number of benzene rings is 2. The second-order valence-corrected chi connectivity index (χ2v) is 5.41. The summed E-state index contributed by atoms with van der Waals surface area (Å²) in [6, 6.07) is 17.9. The van der Waals surface area contributed by atoms with Gasteiger partial charge >= 0.3 is 5.97 Å². The monoisotopic (exact) mass is 339 g/mol. The van der Waals surface area contributed by atoms with Crippen molar-refractivity contribution >= 4 is 29.5 Å². The Bertz CT molecular complexity index is 882. The Hall–Kier alpha value is -2.85. The van der Waals surface area contributed by atoms with E-state index in [2.05, 4.69) is 4.99 Å². The molecule has 0 atom stereocenters. The number of hydrogen-bond acceptors (Lipinski definition) is 4. The maximum absolute atomic E-state index is 11.9. The molecule has 0 amide bonds. The average Bonchev–Trinajstić information content (AvgIpc) is 3.09. The maximum Gasteiger partial charge on any atom is 0.338 e. The topological polar surface area (TPSA) is 51.8 Å². The Kier molecular flexibility index (Phi) is 4.77. The first kappa shape index (κ1) is 16.0. The zero-order valence-corrected chi connectivity index (χ0v) is 13.7. The standard InChI is InChI=1S/C19H14ClNO3/c1-23-19(22)17-5-3-2-4-16(17)18-11-10-15(24-18)12-21-14-8-6-13(20)7-9-14/h2-12H,1H3. The highest BCUT2D eigenvalue weighted by atomic mass is 35.5. The molecule has 2 aromatic carbocycles. The fourth-order valence-electron chi connectivity index (χ4n) is 2.22. The van der Waals surface area contributed by atoms with E-state index in [9.17, 15) is 4.79 Å². The predicted molar refractivity (Wildman–Crippen MR) is 94.2 cm³/mol. The molecule has 0 saturated carbocycles. The highest BCUT2D eigenvalue weighted by Gasteiger charge is 2.14. The number of esters is 1. The van der Waals surface area contributed by atoms with Gasteiger partial charge in [0.05, 0.1) is 24.6 Å². The molecule has 120 valence electrons. The van der Waals surface area contributed by atoms with Gasteiger partial charge in [0.25, 0.3) is 0 Å². The summed E-state index contributed by atoms with van der Waals surface area (Å²) in [6.45, 7) is 0. The molecule has 0 aliphatic carbocycles. The molecule has 0 N–H and O–H groups in total. The minimum atomic E-state index is -0.404. The molecule has 0 aliphatic rings. The van der Waals surface area contributed by atoms with Gasteiger partial charge in [-0.05, 0) is 42.5 Å². The number of aliphatic imine (C=N–C) groups is 1. The number of furan rings is 1. The summed E-state index contributed by atoms with van der Waals surface area (Å²) in [5.74, 6) is 0.756. The van der Waals surface area contributed by atoms with Gasteiger partial charge in [-0.15, -0.1) is 0 Å². The summed E-state index contributed by atoms with van der Waals surface area (Å²) < 4.78 is 10.6. The summed E-state index contributed by atoms with van der Waals surface area (Å²) >= 11 is 5.84. The molecule has 0 unspecified atom stereocenters. The first-order valence-corrected chi connectivity index (χ1v) is 7.62. The smallest absolute Gasteiger partial charge is 0.338 e. The molecule has 0 bridgehead atoms. The lowest BCUT2D eigenvalue weighted by atomic mass is 10.1. The van der Waals surface area contributed by atoms with Gasteiger partial charge in [-0.25, -0.2) is 4.79 Å². The van der Waals surface area contributed by atoms with Crippen LogP contribution in [0.4, 0.5) is 5.69 Å². The minimum Gasteiger partial charge on any atom is -0.465 e. The molecular weight excluding hydrogens is 326 g/mol. The fraction of sp³-hybridized carbons (Fsp3) is 0.0526. The second-order valence-electron chi connectivity index (χ2n) is 4.97. The number of carbonyl (C=O) groups is 1. The van der Waals surface area contributed by atoms with E-state index in [1.807, 2.05) is 24.3 Å². The van der Waals surface area contributed by atoms with Crippen LogP contribution in [0, 0.1) is 0 Å². The van der Waals surface area contributed by atoms with Gasteiger partial charge in [-0.3, -0.25) is 4.99 Å². The quantitative estimate of drug-likeness (QED) is 0.488. The molecule has 1 heterocycles. The fourth-order valence-corrected chi connectivity index (χ4v) is 2.34. The summed E-state index contributed by atoms with van der Waals surface area (Å²) in [6.07, 6.45) is 1.62. The van der Waals surface area contributed by atoms with Crippen molar-refractivity contribution in [2.45, 2.75) is 0 Å². The highest BCUT2D eigenvalue weighted by molar-refractivity contribution is 6.30. The normalized spacial score (nSPS) is 10.9. The average molecular weight is 340 g/mol. The molecule has 4 nitrogen and oxygen atoms in total. The third kappa shape index (κ3) is 3.55. The zero-order valence-electron chi connectivity index (χ0n) is 12.9. The van der Waals surface area contributed by atoms with Crippen molar-refractivity contribution in [1.82, 2.24) is 0 Å². The van der Waals surface area contributed by atoms with E-state index in [-0.39, 0.29) is 0 Å². The largest absolute Gasteiger partial charge is 0.465 e. The molecule has 0 saturated heterocycles. The Morgan fingerprint density at radius 3 is 2.58 bits per heavy atom. The first-order valence-electron chi connectivity index (χ1n) is 7.24. The summed E-state index contributed by atoms with van der Waals surface area (Å²) in [4.78, 5) is 16.2. The van der Waals surface area contributed by atoms with Gasteiger partial charge in [0.15, 0.2) is 0 Å². The van der Waals surface area contributed by atoms with Gasteiger partial charge in [-0.2, -0.15) is 0 Å². The van der Waals surface area contributed by atoms with Crippen LogP contribution < -0.4 is 0 Å². The van der Waals surface area contributed by atoms with Crippen LogP contribution in [-0.2, 0) is 4.74 Å². The molecule has 24 heavy (non-hydrogen) atoms. The van der Waals surface area contributed by atoms with E-state index in [1.54, 1.807) is 42.6 Å². The number of ether oxygens (including phenoxy) is 1. The van der Waals surface area contributed by atoms with Crippen molar-refractivity contribution in [3.63, 3.8) is 0 Å². The number of nitrogens with zero attached hydrogens (tertiary/aromatic N) is 1. The van der Waals surface area contributed by atoms with E-state index in [0.717, 1.165) is 5.69 Å². The maximum atomic E-state index is 11.9. The van der Waals surface area contributed by atoms with Crippen molar-refractivity contribution < 1.29 is 13.9 Å². The SMILES string of the molecule is COC(=O)c1ccccc1-c1ccc(C=Nc2ccc(Cl)cc2)o1. The van der Waals surface area contributed by atoms with Gasteiger partial charge in [0.2, 0.25) is 0 Å². The summed E-state index contributed by atoms with van der Waals surface area (Å²) in [5.41, 5.74) is 1.90. The van der Waals surface area contributed by atoms with Crippen molar-refractivity contribution in [2.24, 2.45) is 4.99 Å².